The Morgan fingerprint density at radius 3 is 2.48 bits per heavy atom. The summed E-state index contributed by atoms with van der Waals surface area (Å²) in [6, 6.07) is 0.103. The van der Waals surface area contributed by atoms with Crippen molar-refractivity contribution in [3.8, 4) is 0 Å². The van der Waals surface area contributed by atoms with Gasteiger partial charge >= 0.3 is 5.97 Å². The Balaban J connectivity index is 1.55. The zero-order chi connectivity index (χ0) is 16.7. The lowest BCUT2D eigenvalue weighted by molar-refractivity contribution is -0.196. The van der Waals surface area contributed by atoms with Crippen LogP contribution in [0.25, 0.3) is 0 Å². The molecule has 1 amide bonds. The minimum Gasteiger partial charge on any atom is -0.455 e. The van der Waals surface area contributed by atoms with Gasteiger partial charge in [0.15, 0.2) is 6.61 Å². The topological polar surface area (TPSA) is 75.6 Å². The molecule has 0 aromatic rings. The smallest absolute Gasteiger partial charge is 0.312 e. The van der Waals surface area contributed by atoms with Crippen LogP contribution in [0, 0.1) is 17.3 Å². The van der Waals surface area contributed by atoms with Crippen molar-refractivity contribution in [3.63, 3.8) is 0 Å². The Morgan fingerprint density at radius 2 is 1.91 bits per heavy atom. The highest BCUT2D eigenvalue weighted by molar-refractivity contribution is 5.83. The van der Waals surface area contributed by atoms with E-state index < -0.39 is 11.0 Å². The molecule has 4 fully saturated rings. The first-order valence-corrected chi connectivity index (χ1v) is 9.03. The van der Waals surface area contributed by atoms with Crippen LogP contribution in [0.2, 0.25) is 0 Å². The van der Waals surface area contributed by atoms with E-state index in [0.717, 1.165) is 44.9 Å². The standard InChI is InChI=1S/C18H29NO4/c1-3-4-12(2)19-15(20)10-23-16(21)17-6-13-5-14(7-17)9-18(22,8-13)11-17/h12-14,22H,3-11H2,1-2H3,(H,19,20)/t12-,13-,14-,17?,18?/m0/s1. The number of carbonyl (C=O) groups is 2. The van der Waals surface area contributed by atoms with Gasteiger partial charge in [-0.1, -0.05) is 13.3 Å². The second-order valence-corrected chi connectivity index (χ2v) is 8.30. The summed E-state index contributed by atoms with van der Waals surface area (Å²) in [6.07, 6.45) is 6.86. The molecule has 2 N–H and O–H groups in total. The first-order chi connectivity index (χ1) is 10.8. The summed E-state index contributed by atoms with van der Waals surface area (Å²) in [7, 11) is 0. The van der Waals surface area contributed by atoms with Crippen LogP contribution < -0.4 is 5.32 Å². The van der Waals surface area contributed by atoms with Gasteiger partial charge in [-0.15, -0.1) is 0 Å². The SMILES string of the molecule is CCC[C@H](C)NC(=O)COC(=O)C12C[C@@H]3C[C@H](CC(O)(C3)C1)C2. The van der Waals surface area contributed by atoms with E-state index in [1.54, 1.807) is 0 Å². The van der Waals surface area contributed by atoms with Crippen LogP contribution in [-0.4, -0.2) is 35.2 Å². The number of hydrogen-bond donors (Lipinski definition) is 2. The van der Waals surface area contributed by atoms with Crippen molar-refractivity contribution in [2.24, 2.45) is 17.3 Å². The molecule has 5 nitrogen and oxygen atoms in total. The van der Waals surface area contributed by atoms with E-state index in [1.165, 1.54) is 0 Å². The molecule has 0 radical (unpaired) electrons. The van der Waals surface area contributed by atoms with E-state index in [1.807, 2.05) is 6.92 Å². The lowest BCUT2D eigenvalue weighted by Gasteiger charge is -2.58. The molecule has 4 aliphatic rings. The molecule has 4 saturated carbocycles. The molecule has 0 spiro atoms. The predicted octanol–water partition coefficient (Wildman–Crippen LogP) is 2.17. The third kappa shape index (κ3) is 3.39. The Morgan fingerprint density at radius 1 is 1.26 bits per heavy atom. The lowest BCUT2D eigenvalue weighted by atomic mass is 9.48. The molecule has 0 heterocycles. The molecule has 4 aliphatic carbocycles. The number of aliphatic hydroxyl groups is 1. The van der Waals surface area contributed by atoms with Gasteiger partial charge in [-0.05, 0) is 63.7 Å². The molecule has 0 saturated heterocycles. The monoisotopic (exact) mass is 323 g/mol. The highest BCUT2D eigenvalue weighted by Gasteiger charge is 2.60. The molecule has 0 unspecified atom stereocenters. The van der Waals surface area contributed by atoms with Crippen LogP contribution in [0.1, 0.15) is 65.2 Å². The van der Waals surface area contributed by atoms with Crippen LogP contribution >= 0.6 is 0 Å². The fraction of sp³-hybridized carbons (Fsp3) is 0.889. The van der Waals surface area contributed by atoms with Crippen molar-refractivity contribution >= 4 is 11.9 Å². The second-order valence-electron chi connectivity index (χ2n) is 8.30. The van der Waals surface area contributed by atoms with Crippen molar-refractivity contribution in [1.29, 1.82) is 0 Å². The van der Waals surface area contributed by atoms with Gasteiger partial charge in [0.05, 0.1) is 11.0 Å². The quantitative estimate of drug-likeness (QED) is 0.735. The summed E-state index contributed by atoms with van der Waals surface area (Å²) in [5.41, 5.74) is -1.23. The summed E-state index contributed by atoms with van der Waals surface area (Å²) in [4.78, 5) is 24.5. The van der Waals surface area contributed by atoms with Gasteiger partial charge in [-0.2, -0.15) is 0 Å². The Bertz CT molecular complexity index is 475. The molecule has 3 atom stereocenters. The largest absolute Gasteiger partial charge is 0.455 e. The van der Waals surface area contributed by atoms with Gasteiger partial charge in [0.2, 0.25) is 0 Å². The van der Waals surface area contributed by atoms with Gasteiger partial charge < -0.3 is 15.2 Å². The average Bonchev–Trinajstić information content (AvgIpc) is 2.42. The van der Waals surface area contributed by atoms with E-state index in [-0.39, 0.29) is 24.5 Å². The number of nitrogens with one attached hydrogen (secondary N) is 1. The molecular weight excluding hydrogens is 294 g/mol. The van der Waals surface area contributed by atoms with E-state index in [9.17, 15) is 14.7 Å². The fourth-order valence-electron chi connectivity index (χ4n) is 5.56. The number of hydrogen-bond acceptors (Lipinski definition) is 4. The maximum absolute atomic E-state index is 12.6. The minimum atomic E-state index is -0.680. The van der Waals surface area contributed by atoms with E-state index in [4.69, 9.17) is 4.74 Å². The van der Waals surface area contributed by atoms with Gasteiger partial charge in [-0.25, -0.2) is 0 Å². The molecule has 0 aromatic heterocycles. The normalized spacial score (nSPS) is 39.1. The first kappa shape index (κ1) is 16.7. The van der Waals surface area contributed by atoms with Crippen LogP contribution in [0.15, 0.2) is 0 Å². The highest BCUT2D eigenvalue weighted by Crippen LogP contribution is 2.61. The molecule has 4 rings (SSSR count). The van der Waals surface area contributed by atoms with Gasteiger partial charge in [0.25, 0.3) is 5.91 Å². The van der Waals surface area contributed by atoms with Crippen molar-refractivity contribution < 1.29 is 19.4 Å². The molecule has 4 bridgehead atoms. The molecule has 0 aliphatic heterocycles. The molecule has 130 valence electrons. The Labute approximate surface area is 138 Å². The van der Waals surface area contributed by atoms with Crippen LogP contribution in [-0.2, 0) is 14.3 Å². The van der Waals surface area contributed by atoms with Crippen molar-refractivity contribution in [2.75, 3.05) is 6.61 Å². The molecule has 0 aromatic carbocycles. The van der Waals surface area contributed by atoms with Gasteiger partial charge in [0, 0.05) is 6.04 Å². The molecule has 5 heteroatoms. The third-order valence-electron chi connectivity index (χ3n) is 5.93. The summed E-state index contributed by atoms with van der Waals surface area (Å²) in [6.45, 7) is 3.82. The van der Waals surface area contributed by atoms with Gasteiger partial charge in [0.1, 0.15) is 0 Å². The number of amides is 1. The van der Waals surface area contributed by atoms with Crippen molar-refractivity contribution in [2.45, 2.75) is 76.9 Å². The maximum Gasteiger partial charge on any atom is 0.312 e. The highest BCUT2D eigenvalue weighted by atomic mass is 16.5. The Hall–Kier alpha value is -1.10. The first-order valence-electron chi connectivity index (χ1n) is 9.03. The number of esters is 1. The van der Waals surface area contributed by atoms with E-state index in [2.05, 4.69) is 12.2 Å². The summed E-state index contributed by atoms with van der Waals surface area (Å²) in [5, 5.41) is 13.5. The zero-order valence-electron chi connectivity index (χ0n) is 14.3. The number of rotatable bonds is 6. The van der Waals surface area contributed by atoms with Gasteiger partial charge in [-0.3, -0.25) is 9.59 Å². The molecule has 23 heavy (non-hydrogen) atoms. The van der Waals surface area contributed by atoms with Crippen LogP contribution in [0.4, 0.5) is 0 Å². The summed E-state index contributed by atoms with van der Waals surface area (Å²) in [5.74, 6) is 0.366. The summed E-state index contributed by atoms with van der Waals surface area (Å²) < 4.78 is 5.35. The lowest BCUT2D eigenvalue weighted by Crippen LogP contribution is -2.58. The second kappa shape index (κ2) is 6.08. The summed E-state index contributed by atoms with van der Waals surface area (Å²) >= 11 is 0. The average molecular weight is 323 g/mol. The van der Waals surface area contributed by atoms with Crippen molar-refractivity contribution in [3.05, 3.63) is 0 Å². The van der Waals surface area contributed by atoms with Crippen molar-refractivity contribution in [1.82, 2.24) is 5.32 Å². The minimum absolute atomic E-state index is 0.103. The third-order valence-corrected chi connectivity index (χ3v) is 5.93. The zero-order valence-corrected chi connectivity index (χ0v) is 14.3. The van der Waals surface area contributed by atoms with E-state index in [0.29, 0.717) is 18.3 Å². The van der Waals surface area contributed by atoms with Crippen LogP contribution in [0.3, 0.4) is 0 Å². The molecular formula is C18H29NO4. The Kier molecular flexibility index (Phi) is 4.43. The van der Waals surface area contributed by atoms with E-state index >= 15 is 0 Å². The van der Waals surface area contributed by atoms with Crippen LogP contribution in [0.5, 0.6) is 0 Å². The fourth-order valence-corrected chi connectivity index (χ4v) is 5.56. The maximum atomic E-state index is 12.6. The number of carbonyl (C=O) groups excluding carboxylic acids is 2. The number of ether oxygens (including phenoxy) is 1. The predicted molar refractivity (Wildman–Crippen MR) is 85.5 cm³/mol.